The number of ketones is 1. The molecule has 1 spiro atoms. The Morgan fingerprint density at radius 3 is 2.53 bits per heavy atom. The number of hydrogen-bond acceptors (Lipinski definition) is 8. The molecule has 4 aliphatic carbocycles. The van der Waals surface area contributed by atoms with Crippen molar-refractivity contribution in [3.8, 4) is 0 Å². The van der Waals surface area contributed by atoms with E-state index in [1.165, 1.54) is 0 Å². The van der Waals surface area contributed by atoms with Crippen LogP contribution in [0.5, 0.6) is 0 Å². The fourth-order valence-corrected chi connectivity index (χ4v) is 8.92. The number of rotatable bonds is 4. The fourth-order valence-electron chi connectivity index (χ4n) is 8.92. The topological polar surface area (TPSA) is 137 Å². The third-order valence-electron chi connectivity index (χ3n) is 10.2. The molecule has 192 valence electrons. The Kier molecular flexibility index (Phi) is 6.08. The molecule has 8 heteroatoms. The maximum Gasteiger partial charge on any atom is 0.186 e. The van der Waals surface area contributed by atoms with Crippen molar-refractivity contribution < 1.29 is 39.8 Å². The molecule has 0 aromatic rings. The van der Waals surface area contributed by atoms with Gasteiger partial charge in [0.25, 0.3) is 0 Å². The number of carbonyl (C=O) groups excluding carboxylic acids is 1. The van der Waals surface area contributed by atoms with Crippen LogP contribution in [0.3, 0.4) is 0 Å². The molecular weight excluding hydrogens is 440 g/mol. The quantitative estimate of drug-likeness (QED) is 0.375. The third-order valence-corrected chi connectivity index (χ3v) is 10.2. The van der Waals surface area contributed by atoms with Crippen LogP contribution in [0, 0.1) is 34.0 Å². The van der Waals surface area contributed by atoms with Gasteiger partial charge in [0.1, 0.15) is 30.2 Å². The summed E-state index contributed by atoms with van der Waals surface area (Å²) >= 11 is 0. The van der Waals surface area contributed by atoms with Gasteiger partial charge in [-0.2, -0.15) is 0 Å². The molecule has 1 aliphatic heterocycles. The van der Waals surface area contributed by atoms with Gasteiger partial charge < -0.3 is 35.0 Å². The van der Waals surface area contributed by atoms with Gasteiger partial charge in [0.15, 0.2) is 6.29 Å². The number of hydrogen-bond donors (Lipinski definition) is 5. The van der Waals surface area contributed by atoms with Crippen LogP contribution in [0.2, 0.25) is 0 Å². The van der Waals surface area contributed by atoms with Crippen LogP contribution in [-0.4, -0.2) is 81.3 Å². The molecule has 0 unspecified atom stereocenters. The molecule has 0 radical (unpaired) electrons. The Morgan fingerprint density at radius 2 is 1.82 bits per heavy atom. The molecule has 5 N–H and O–H groups in total. The zero-order valence-corrected chi connectivity index (χ0v) is 20.2. The van der Waals surface area contributed by atoms with Crippen LogP contribution in [0.15, 0.2) is 12.2 Å². The normalized spacial score (nSPS) is 52.3. The van der Waals surface area contributed by atoms with E-state index in [4.69, 9.17) is 9.47 Å². The molecule has 0 aromatic heterocycles. The molecule has 2 bridgehead atoms. The molecule has 11 atom stereocenters. The van der Waals surface area contributed by atoms with E-state index in [1.807, 2.05) is 0 Å². The van der Waals surface area contributed by atoms with Crippen LogP contribution in [0.1, 0.15) is 58.8 Å². The van der Waals surface area contributed by atoms with Gasteiger partial charge in [0.05, 0.1) is 19.3 Å². The average Bonchev–Trinajstić information content (AvgIpc) is 2.96. The summed E-state index contributed by atoms with van der Waals surface area (Å²) in [6.07, 6.45) is -1.82. The molecule has 0 aromatic carbocycles. The van der Waals surface area contributed by atoms with Gasteiger partial charge in [-0.25, -0.2) is 0 Å². The zero-order chi connectivity index (χ0) is 24.6. The summed E-state index contributed by atoms with van der Waals surface area (Å²) in [4.78, 5) is 13.9. The highest BCUT2D eigenvalue weighted by Gasteiger charge is 2.70. The smallest absolute Gasteiger partial charge is 0.186 e. The lowest BCUT2D eigenvalue weighted by molar-refractivity contribution is -0.314. The van der Waals surface area contributed by atoms with E-state index in [9.17, 15) is 30.3 Å². The van der Waals surface area contributed by atoms with Gasteiger partial charge in [-0.05, 0) is 54.9 Å². The lowest BCUT2D eigenvalue weighted by Gasteiger charge is -2.64. The first-order valence-corrected chi connectivity index (χ1v) is 12.8. The van der Waals surface area contributed by atoms with Crippen LogP contribution < -0.4 is 0 Å². The first kappa shape index (κ1) is 24.8. The molecule has 5 fully saturated rings. The van der Waals surface area contributed by atoms with Crippen LogP contribution in [0.4, 0.5) is 0 Å². The summed E-state index contributed by atoms with van der Waals surface area (Å²) in [7, 11) is 0. The molecule has 1 saturated heterocycles. The van der Waals surface area contributed by atoms with E-state index in [0.717, 1.165) is 44.1 Å². The second kappa shape index (κ2) is 8.33. The monoisotopic (exact) mass is 480 g/mol. The Balaban J connectivity index is 1.50. The van der Waals surface area contributed by atoms with E-state index in [2.05, 4.69) is 20.4 Å². The van der Waals surface area contributed by atoms with Gasteiger partial charge in [-0.15, -0.1) is 0 Å². The van der Waals surface area contributed by atoms with Gasteiger partial charge in [0, 0.05) is 23.2 Å². The summed E-state index contributed by atoms with van der Waals surface area (Å²) in [6.45, 7) is 8.10. The average molecular weight is 481 g/mol. The predicted octanol–water partition coefficient (Wildman–Crippen LogP) is 0.922. The van der Waals surface area contributed by atoms with Crippen molar-refractivity contribution in [3.63, 3.8) is 0 Å². The second-order valence-corrected chi connectivity index (χ2v) is 12.4. The van der Waals surface area contributed by atoms with E-state index in [-0.39, 0.29) is 35.6 Å². The molecule has 8 nitrogen and oxygen atoms in total. The largest absolute Gasteiger partial charge is 0.394 e. The van der Waals surface area contributed by atoms with Crippen LogP contribution >= 0.6 is 0 Å². The maximum absolute atomic E-state index is 13.9. The first-order chi connectivity index (χ1) is 16.0. The second-order valence-electron chi connectivity index (χ2n) is 12.4. The van der Waals surface area contributed by atoms with Crippen molar-refractivity contribution in [3.05, 3.63) is 12.2 Å². The van der Waals surface area contributed by atoms with Gasteiger partial charge in [-0.3, -0.25) is 4.79 Å². The minimum atomic E-state index is -1.51. The maximum atomic E-state index is 13.9. The molecule has 5 rings (SSSR count). The number of aliphatic hydroxyl groups excluding tert-OH is 5. The van der Waals surface area contributed by atoms with Gasteiger partial charge in [0.2, 0.25) is 0 Å². The van der Waals surface area contributed by atoms with Crippen molar-refractivity contribution in [1.29, 1.82) is 0 Å². The summed E-state index contributed by atoms with van der Waals surface area (Å²) in [5.74, 6) is 0.243. The summed E-state index contributed by atoms with van der Waals surface area (Å²) in [6, 6.07) is 0. The Morgan fingerprint density at radius 1 is 1.09 bits per heavy atom. The van der Waals surface area contributed by atoms with Crippen molar-refractivity contribution in [2.24, 2.45) is 34.0 Å². The molecular formula is C26H40O8. The minimum absolute atomic E-state index is 0.0673. The number of carbonyl (C=O) groups is 1. The highest BCUT2D eigenvalue weighted by Crippen LogP contribution is 2.71. The minimum Gasteiger partial charge on any atom is -0.394 e. The molecule has 4 saturated carbocycles. The summed E-state index contributed by atoms with van der Waals surface area (Å²) < 4.78 is 11.8. The lowest BCUT2D eigenvalue weighted by atomic mass is 9.40. The molecule has 1 heterocycles. The molecule has 34 heavy (non-hydrogen) atoms. The lowest BCUT2D eigenvalue weighted by Crippen LogP contribution is -2.65. The molecule has 5 aliphatic rings. The molecule has 0 amide bonds. The van der Waals surface area contributed by atoms with E-state index >= 15 is 0 Å². The number of Topliss-reactive ketones (excluding diaryl/α,β-unsaturated/α-hetero) is 1. The fraction of sp³-hybridized carbons (Fsp3) is 0.885. The van der Waals surface area contributed by atoms with Crippen LogP contribution in [-0.2, 0) is 14.3 Å². The Labute approximate surface area is 201 Å². The van der Waals surface area contributed by atoms with Crippen molar-refractivity contribution >= 4 is 5.78 Å². The summed E-state index contributed by atoms with van der Waals surface area (Å²) in [5.41, 5.74) is -0.437. The van der Waals surface area contributed by atoms with Crippen molar-refractivity contribution in [2.45, 2.75) is 95.6 Å². The van der Waals surface area contributed by atoms with E-state index in [0.29, 0.717) is 6.42 Å². The van der Waals surface area contributed by atoms with Crippen molar-refractivity contribution in [2.75, 3.05) is 13.2 Å². The standard InChI is InChI=1S/C26H40O8/c1-13-14-5-6-17-25(12-33-23-20(31)19(30)18(29)16(11-27)34-23)8-4-7-24(2,3)21(25)15(28)10-26(17,9-14)22(13)32/h14,16-23,27,29-32H,1,4-12H2,2-3H3/t14-,16-,17+,18-,19+,20-,21-,22-,23-,25-,26+/m1/s1. The Hall–Kier alpha value is -0.870. The third kappa shape index (κ3) is 3.33. The highest BCUT2D eigenvalue weighted by molar-refractivity contribution is 5.85. The van der Waals surface area contributed by atoms with E-state index in [1.54, 1.807) is 0 Å². The summed E-state index contributed by atoms with van der Waals surface area (Å²) in [5, 5.41) is 51.8. The number of aliphatic hydroxyl groups is 5. The Bertz CT molecular complexity index is 841. The van der Waals surface area contributed by atoms with Gasteiger partial charge in [-0.1, -0.05) is 26.8 Å². The SMILES string of the molecule is C=C1[C@@H]2CC[C@@H]3[C@@](CC(=O)[C@@H]4C(C)(C)CCC[C@@]34CO[C@@H]3O[C@H](CO)[C@@H](O)[C@H](O)[C@H]3O)(C2)[C@@H]1O. The zero-order valence-electron chi connectivity index (χ0n) is 20.2. The number of ether oxygens (including phenoxy) is 2. The first-order valence-electron chi connectivity index (χ1n) is 12.8. The number of fused-ring (bicyclic) bond motifs is 3. The van der Waals surface area contributed by atoms with Crippen molar-refractivity contribution in [1.82, 2.24) is 0 Å². The van der Waals surface area contributed by atoms with Crippen LogP contribution in [0.25, 0.3) is 0 Å². The predicted molar refractivity (Wildman–Crippen MR) is 121 cm³/mol. The highest BCUT2D eigenvalue weighted by atomic mass is 16.7. The van der Waals surface area contributed by atoms with Gasteiger partial charge >= 0.3 is 0 Å². The van der Waals surface area contributed by atoms with E-state index < -0.39 is 54.2 Å².